The normalized spacial score (nSPS) is 27.8. The van der Waals surface area contributed by atoms with Crippen molar-refractivity contribution in [3.05, 3.63) is 35.4 Å². The second-order valence-corrected chi connectivity index (χ2v) is 6.40. The van der Waals surface area contributed by atoms with Crippen LogP contribution in [0, 0.1) is 5.92 Å². The molecule has 1 aromatic carbocycles. The van der Waals surface area contributed by atoms with Gasteiger partial charge in [-0.05, 0) is 37.4 Å². The molecule has 3 saturated heterocycles. The van der Waals surface area contributed by atoms with E-state index in [9.17, 15) is 13.2 Å². The first kappa shape index (κ1) is 14.9. The Labute approximate surface area is 123 Å². The number of halogens is 3. The summed E-state index contributed by atoms with van der Waals surface area (Å²) in [5, 5.41) is 0. The van der Waals surface area contributed by atoms with E-state index < -0.39 is 11.7 Å². The van der Waals surface area contributed by atoms with E-state index in [1.165, 1.54) is 18.6 Å². The number of benzene rings is 1. The van der Waals surface area contributed by atoms with Crippen molar-refractivity contribution in [2.45, 2.75) is 31.6 Å². The van der Waals surface area contributed by atoms with Crippen molar-refractivity contribution in [3.63, 3.8) is 0 Å². The summed E-state index contributed by atoms with van der Waals surface area (Å²) in [6.45, 7) is 3.35. The predicted octanol–water partition coefficient (Wildman–Crippen LogP) is 3.23. The quantitative estimate of drug-likeness (QED) is 0.827. The highest BCUT2D eigenvalue weighted by Crippen LogP contribution is 2.34. The van der Waals surface area contributed by atoms with E-state index in [1.54, 1.807) is 12.1 Å². The van der Waals surface area contributed by atoms with Crippen LogP contribution in [0.4, 0.5) is 13.2 Å². The number of likely N-dealkylation sites (N-methyl/N-ethyl adjacent to an activating group) is 1. The topological polar surface area (TPSA) is 6.48 Å². The van der Waals surface area contributed by atoms with Crippen LogP contribution in [-0.4, -0.2) is 42.5 Å². The third-order valence-electron chi connectivity index (χ3n) is 4.71. The summed E-state index contributed by atoms with van der Waals surface area (Å²) in [5.41, 5.74) is -0.0846. The van der Waals surface area contributed by atoms with Crippen molar-refractivity contribution < 1.29 is 13.2 Å². The van der Waals surface area contributed by atoms with Gasteiger partial charge in [0.1, 0.15) is 0 Å². The minimum atomic E-state index is -4.27. The van der Waals surface area contributed by atoms with E-state index in [1.807, 2.05) is 0 Å². The van der Waals surface area contributed by atoms with Gasteiger partial charge in [-0.3, -0.25) is 4.90 Å². The van der Waals surface area contributed by atoms with Crippen molar-refractivity contribution in [1.82, 2.24) is 9.80 Å². The average Bonchev–Trinajstić information content (AvgIpc) is 2.67. The van der Waals surface area contributed by atoms with Gasteiger partial charge in [0, 0.05) is 32.2 Å². The average molecular weight is 298 g/mol. The van der Waals surface area contributed by atoms with Crippen molar-refractivity contribution in [2.75, 3.05) is 26.7 Å². The first-order chi connectivity index (χ1) is 9.93. The molecule has 5 heteroatoms. The zero-order chi connectivity index (χ0) is 15.0. The molecule has 0 N–H and O–H groups in total. The van der Waals surface area contributed by atoms with Crippen LogP contribution in [0.3, 0.4) is 0 Å². The summed E-state index contributed by atoms with van der Waals surface area (Å²) in [5.74, 6) is 0.590. The first-order valence-corrected chi connectivity index (χ1v) is 7.51. The molecule has 0 radical (unpaired) electrons. The van der Waals surface area contributed by atoms with Crippen molar-refractivity contribution in [3.8, 4) is 0 Å². The highest BCUT2D eigenvalue weighted by molar-refractivity contribution is 5.29. The Morgan fingerprint density at radius 1 is 1.10 bits per heavy atom. The van der Waals surface area contributed by atoms with Gasteiger partial charge in [0.25, 0.3) is 0 Å². The molecule has 3 aliphatic rings. The van der Waals surface area contributed by atoms with Crippen LogP contribution in [-0.2, 0) is 12.7 Å². The van der Waals surface area contributed by atoms with E-state index in [0.717, 1.165) is 26.1 Å². The number of alkyl halides is 3. The molecule has 0 aromatic heterocycles. The lowest BCUT2D eigenvalue weighted by atomic mass is 9.94. The summed E-state index contributed by atoms with van der Waals surface area (Å²) in [7, 11) is 2.11. The molecule has 2 nitrogen and oxygen atoms in total. The van der Waals surface area contributed by atoms with Crippen LogP contribution in [0.5, 0.6) is 0 Å². The molecule has 4 rings (SSSR count). The van der Waals surface area contributed by atoms with E-state index >= 15 is 0 Å². The maximum Gasteiger partial charge on any atom is 0.416 e. The van der Waals surface area contributed by atoms with Crippen LogP contribution >= 0.6 is 0 Å². The molecule has 116 valence electrons. The smallest absolute Gasteiger partial charge is 0.304 e. The zero-order valence-electron chi connectivity index (χ0n) is 12.2. The Kier molecular flexibility index (Phi) is 3.97. The summed E-state index contributed by atoms with van der Waals surface area (Å²) in [6, 6.07) is 6.36. The van der Waals surface area contributed by atoms with Gasteiger partial charge in [-0.1, -0.05) is 18.2 Å². The Hall–Kier alpha value is -1.07. The molecule has 0 aliphatic carbocycles. The minimum absolute atomic E-state index is 0.384. The van der Waals surface area contributed by atoms with Crippen LogP contribution < -0.4 is 0 Å². The lowest BCUT2D eigenvalue weighted by Gasteiger charge is -2.36. The van der Waals surface area contributed by atoms with Crippen molar-refractivity contribution >= 4 is 0 Å². The van der Waals surface area contributed by atoms with Crippen LogP contribution in [0.1, 0.15) is 24.0 Å². The second-order valence-electron chi connectivity index (χ2n) is 6.40. The monoisotopic (exact) mass is 298 g/mol. The predicted molar refractivity (Wildman–Crippen MR) is 75.9 cm³/mol. The molecule has 2 bridgehead atoms. The van der Waals surface area contributed by atoms with Crippen molar-refractivity contribution in [1.29, 1.82) is 0 Å². The number of hydrogen-bond acceptors (Lipinski definition) is 2. The molecular formula is C16H21F3N2. The van der Waals surface area contributed by atoms with E-state index in [2.05, 4.69) is 16.8 Å². The fraction of sp³-hybridized carbons (Fsp3) is 0.625. The Balaban J connectivity index is 1.81. The third-order valence-corrected chi connectivity index (χ3v) is 4.71. The number of nitrogens with zero attached hydrogens (tertiary/aromatic N) is 2. The van der Waals surface area contributed by atoms with E-state index in [4.69, 9.17) is 0 Å². The highest BCUT2D eigenvalue weighted by Gasteiger charge is 2.36. The Morgan fingerprint density at radius 3 is 2.62 bits per heavy atom. The van der Waals surface area contributed by atoms with Crippen LogP contribution in [0.2, 0.25) is 0 Å². The van der Waals surface area contributed by atoms with Gasteiger partial charge < -0.3 is 4.90 Å². The largest absolute Gasteiger partial charge is 0.416 e. The Bertz CT molecular complexity index is 501. The second kappa shape index (κ2) is 5.61. The van der Waals surface area contributed by atoms with Gasteiger partial charge >= 0.3 is 6.18 Å². The van der Waals surface area contributed by atoms with Gasteiger partial charge in [0.15, 0.2) is 0 Å². The Morgan fingerprint density at radius 2 is 1.86 bits per heavy atom. The van der Waals surface area contributed by atoms with Gasteiger partial charge in [0.05, 0.1) is 5.56 Å². The minimum Gasteiger partial charge on any atom is -0.304 e. The third kappa shape index (κ3) is 3.24. The van der Waals surface area contributed by atoms with Crippen LogP contribution in [0.15, 0.2) is 24.3 Å². The van der Waals surface area contributed by atoms with E-state index in [0.29, 0.717) is 24.1 Å². The maximum absolute atomic E-state index is 13.1. The molecule has 0 spiro atoms. The number of rotatable bonds is 2. The molecule has 21 heavy (non-hydrogen) atoms. The SMILES string of the molecule is CN1C[C@H]2CC[C@@H](C1)N(Cc1ccccc1C(F)(F)F)C2. The fourth-order valence-electron chi connectivity index (χ4n) is 3.76. The molecule has 1 aromatic rings. The number of fused-ring (bicyclic) bond motifs is 4. The molecular weight excluding hydrogens is 277 g/mol. The van der Waals surface area contributed by atoms with Crippen LogP contribution in [0.25, 0.3) is 0 Å². The summed E-state index contributed by atoms with van der Waals surface area (Å²) in [6.07, 6.45) is -1.96. The van der Waals surface area contributed by atoms with Gasteiger partial charge in [-0.2, -0.15) is 13.2 Å². The molecule has 2 atom stereocenters. The molecule has 0 unspecified atom stereocenters. The first-order valence-electron chi connectivity index (χ1n) is 7.51. The highest BCUT2D eigenvalue weighted by atomic mass is 19.4. The fourth-order valence-corrected chi connectivity index (χ4v) is 3.76. The van der Waals surface area contributed by atoms with E-state index in [-0.39, 0.29) is 0 Å². The van der Waals surface area contributed by atoms with Gasteiger partial charge in [-0.25, -0.2) is 0 Å². The molecule has 3 heterocycles. The number of hydrogen-bond donors (Lipinski definition) is 0. The number of piperidine rings is 1. The lowest BCUT2D eigenvalue weighted by molar-refractivity contribution is -0.138. The molecule has 3 aliphatic heterocycles. The molecule has 3 fully saturated rings. The van der Waals surface area contributed by atoms with Gasteiger partial charge in [-0.15, -0.1) is 0 Å². The summed E-state index contributed by atoms with van der Waals surface area (Å²) in [4.78, 5) is 4.57. The zero-order valence-corrected chi connectivity index (χ0v) is 12.2. The van der Waals surface area contributed by atoms with Gasteiger partial charge in [0.2, 0.25) is 0 Å². The summed E-state index contributed by atoms with van der Waals surface area (Å²) < 4.78 is 39.3. The maximum atomic E-state index is 13.1. The molecule has 0 amide bonds. The lowest BCUT2D eigenvalue weighted by Crippen LogP contribution is -2.43. The molecule has 0 saturated carbocycles. The van der Waals surface area contributed by atoms with Crippen molar-refractivity contribution in [2.24, 2.45) is 5.92 Å². The summed E-state index contributed by atoms with van der Waals surface area (Å²) >= 11 is 0. The standard InChI is InChI=1S/C16H21F3N2/c1-20-8-12-6-7-14(11-20)21(9-12)10-13-4-2-3-5-15(13)16(17,18)19/h2-5,12,14H,6-11H2,1H3/t12-,14+/m1/s1.